The SMILES string of the molecule is COc1ccccc1CN(CCN(C)C)Cc1cc(C)cc(C(C)(C)C)c1O. The smallest absolute Gasteiger partial charge is 0.123 e. The zero-order valence-corrected chi connectivity index (χ0v) is 18.5. The van der Waals surface area contributed by atoms with Crippen molar-refractivity contribution in [3.8, 4) is 11.5 Å². The summed E-state index contributed by atoms with van der Waals surface area (Å²) in [6, 6.07) is 12.4. The van der Waals surface area contributed by atoms with E-state index in [2.05, 4.69) is 69.8 Å². The molecule has 154 valence electrons. The minimum Gasteiger partial charge on any atom is -0.507 e. The summed E-state index contributed by atoms with van der Waals surface area (Å²) in [6.45, 7) is 11.9. The van der Waals surface area contributed by atoms with Gasteiger partial charge < -0.3 is 14.7 Å². The molecule has 2 rings (SSSR count). The number of hydrogen-bond donors (Lipinski definition) is 1. The molecule has 0 amide bonds. The van der Waals surface area contributed by atoms with E-state index in [-0.39, 0.29) is 5.41 Å². The molecule has 0 bridgehead atoms. The highest BCUT2D eigenvalue weighted by atomic mass is 16.5. The summed E-state index contributed by atoms with van der Waals surface area (Å²) in [5.41, 5.74) is 4.24. The van der Waals surface area contributed by atoms with Crippen molar-refractivity contribution in [1.29, 1.82) is 0 Å². The van der Waals surface area contributed by atoms with Crippen LogP contribution in [0.5, 0.6) is 11.5 Å². The maximum Gasteiger partial charge on any atom is 0.123 e. The lowest BCUT2D eigenvalue weighted by atomic mass is 9.84. The average molecular weight is 385 g/mol. The average Bonchev–Trinajstić information content (AvgIpc) is 2.61. The van der Waals surface area contributed by atoms with Gasteiger partial charge >= 0.3 is 0 Å². The van der Waals surface area contributed by atoms with Gasteiger partial charge in [-0.05, 0) is 38.1 Å². The fraction of sp³-hybridized carbons (Fsp3) is 0.500. The molecule has 0 saturated carbocycles. The topological polar surface area (TPSA) is 35.9 Å². The lowest BCUT2D eigenvalue weighted by Gasteiger charge is -2.28. The van der Waals surface area contributed by atoms with Crippen molar-refractivity contribution in [2.24, 2.45) is 0 Å². The molecule has 28 heavy (non-hydrogen) atoms. The third-order valence-corrected chi connectivity index (χ3v) is 4.99. The maximum absolute atomic E-state index is 11.0. The monoisotopic (exact) mass is 384 g/mol. The van der Waals surface area contributed by atoms with Gasteiger partial charge in [0.05, 0.1) is 7.11 Å². The van der Waals surface area contributed by atoms with Crippen molar-refractivity contribution in [2.75, 3.05) is 34.3 Å². The second kappa shape index (κ2) is 9.44. The van der Waals surface area contributed by atoms with Gasteiger partial charge in [0, 0.05) is 37.3 Å². The maximum atomic E-state index is 11.0. The van der Waals surface area contributed by atoms with Gasteiger partial charge in [-0.2, -0.15) is 0 Å². The number of ether oxygens (including phenoxy) is 1. The van der Waals surface area contributed by atoms with E-state index >= 15 is 0 Å². The van der Waals surface area contributed by atoms with Crippen LogP contribution in [0.25, 0.3) is 0 Å². The summed E-state index contributed by atoms with van der Waals surface area (Å²) in [4.78, 5) is 4.56. The standard InChI is InChI=1S/C24H36N2O2/c1-18-14-20(23(27)21(15-18)24(2,3)4)17-26(13-12-25(5)6)16-19-10-8-9-11-22(19)28-7/h8-11,14-15,27H,12-13,16-17H2,1-7H3. The first-order valence-corrected chi connectivity index (χ1v) is 9.93. The van der Waals surface area contributed by atoms with Gasteiger partial charge in [0.15, 0.2) is 0 Å². The first-order chi connectivity index (χ1) is 13.1. The van der Waals surface area contributed by atoms with Gasteiger partial charge in [-0.25, -0.2) is 0 Å². The molecule has 0 aromatic heterocycles. The molecule has 0 radical (unpaired) electrons. The molecule has 1 N–H and O–H groups in total. The van der Waals surface area contributed by atoms with Gasteiger partial charge in [0.2, 0.25) is 0 Å². The Bertz CT molecular complexity index is 779. The molecule has 0 unspecified atom stereocenters. The van der Waals surface area contributed by atoms with Crippen LogP contribution < -0.4 is 4.74 Å². The molecular formula is C24H36N2O2. The molecule has 0 aliphatic heterocycles. The normalized spacial score (nSPS) is 12.0. The summed E-state index contributed by atoms with van der Waals surface area (Å²) >= 11 is 0. The molecule has 0 fully saturated rings. The van der Waals surface area contributed by atoms with Crippen LogP contribution in [0.15, 0.2) is 36.4 Å². The van der Waals surface area contributed by atoms with Crippen molar-refractivity contribution in [1.82, 2.24) is 9.80 Å². The van der Waals surface area contributed by atoms with Crippen LogP contribution in [0.2, 0.25) is 0 Å². The predicted octanol–water partition coefficient (Wildman–Crippen LogP) is 4.57. The molecule has 0 saturated heterocycles. The van der Waals surface area contributed by atoms with E-state index in [0.29, 0.717) is 12.3 Å². The van der Waals surface area contributed by atoms with Gasteiger partial charge in [-0.15, -0.1) is 0 Å². The Labute approximate surface area is 170 Å². The first-order valence-electron chi connectivity index (χ1n) is 9.93. The number of benzene rings is 2. The van der Waals surface area contributed by atoms with E-state index in [1.165, 1.54) is 5.56 Å². The molecule has 0 heterocycles. The van der Waals surface area contributed by atoms with Crippen LogP contribution in [-0.4, -0.2) is 49.2 Å². The number of rotatable bonds is 8. The van der Waals surface area contributed by atoms with E-state index in [0.717, 1.165) is 42.1 Å². The Kier molecular flexibility index (Phi) is 7.50. The number of aromatic hydroxyl groups is 1. The number of phenolic OH excluding ortho intramolecular Hbond substituents is 1. The number of para-hydroxylation sites is 1. The third-order valence-electron chi connectivity index (χ3n) is 4.99. The molecule has 0 aliphatic rings. The zero-order valence-electron chi connectivity index (χ0n) is 18.5. The van der Waals surface area contributed by atoms with Crippen LogP contribution in [0.1, 0.15) is 43.0 Å². The Hall–Kier alpha value is -2.04. The van der Waals surface area contributed by atoms with Gasteiger partial charge in [-0.1, -0.05) is 56.7 Å². The van der Waals surface area contributed by atoms with Gasteiger partial charge in [0.1, 0.15) is 11.5 Å². The molecule has 4 heteroatoms. The van der Waals surface area contributed by atoms with Crippen molar-refractivity contribution in [3.05, 3.63) is 58.7 Å². The van der Waals surface area contributed by atoms with Crippen LogP contribution in [0.4, 0.5) is 0 Å². The number of aryl methyl sites for hydroxylation is 1. The number of methoxy groups -OCH3 is 1. The molecule has 2 aromatic carbocycles. The number of likely N-dealkylation sites (N-methyl/N-ethyl adjacent to an activating group) is 1. The summed E-state index contributed by atoms with van der Waals surface area (Å²) < 4.78 is 5.54. The zero-order chi connectivity index (χ0) is 20.9. The Morgan fingerprint density at radius 2 is 1.61 bits per heavy atom. The summed E-state index contributed by atoms with van der Waals surface area (Å²) in [7, 11) is 5.89. The minimum atomic E-state index is -0.0953. The Morgan fingerprint density at radius 3 is 2.21 bits per heavy atom. The van der Waals surface area contributed by atoms with E-state index in [1.807, 2.05) is 18.2 Å². The van der Waals surface area contributed by atoms with E-state index in [4.69, 9.17) is 4.74 Å². The second-order valence-electron chi connectivity index (χ2n) is 8.90. The van der Waals surface area contributed by atoms with E-state index in [1.54, 1.807) is 7.11 Å². The highest BCUT2D eigenvalue weighted by molar-refractivity contribution is 5.47. The van der Waals surface area contributed by atoms with E-state index < -0.39 is 0 Å². The quantitative estimate of drug-likeness (QED) is 0.723. The Balaban J connectivity index is 2.34. The second-order valence-corrected chi connectivity index (χ2v) is 8.90. The summed E-state index contributed by atoms with van der Waals surface area (Å²) in [5, 5.41) is 11.0. The number of hydrogen-bond acceptors (Lipinski definition) is 4. The molecule has 4 nitrogen and oxygen atoms in total. The summed E-state index contributed by atoms with van der Waals surface area (Å²) in [6.07, 6.45) is 0. The fourth-order valence-corrected chi connectivity index (χ4v) is 3.42. The first kappa shape index (κ1) is 22.3. The lowest BCUT2D eigenvalue weighted by Crippen LogP contribution is -2.31. The third kappa shape index (κ3) is 5.98. The minimum absolute atomic E-state index is 0.0953. The van der Waals surface area contributed by atoms with Crippen LogP contribution in [-0.2, 0) is 18.5 Å². The van der Waals surface area contributed by atoms with Crippen LogP contribution in [0, 0.1) is 6.92 Å². The van der Waals surface area contributed by atoms with E-state index in [9.17, 15) is 5.11 Å². The number of nitrogens with zero attached hydrogens (tertiary/aromatic N) is 2. The van der Waals surface area contributed by atoms with Gasteiger partial charge in [0.25, 0.3) is 0 Å². The summed E-state index contributed by atoms with van der Waals surface area (Å²) in [5.74, 6) is 1.33. The largest absolute Gasteiger partial charge is 0.507 e. The van der Waals surface area contributed by atoms with Crippen molar-refractivity contribution in [2.45, 2.75) is 46.2 Å². The highest BCUT2D eigenvalue weighted by Crippen LogP contribution is 2.35. The molecular weight excluding hydrogens is 348 g/mol. The lowest BCUT2D eigenvalue weighted by molar-refractivity contribution is 0.221. The van der Waals surface area contributed by atoms with Crippen LogP contribution >= 0.6 is 0 Å². The Morgan fingerprint density at radius 1 is 0.964 bits per heavy atom. The molecule has 0 aliphatic carbocycles. The van der Waals surface area contributed by atoms with Crippen molar-refractivity contribution in [3.63, 3.8) is 0 Å². The molecule has 2 aromatic rings. The molecule has 0 spiro atoms. The number of phenols is 1. The predicted molar refractivity (Wildman–Crippen MR) is 117 cm³/mol. The van der Waals surface area contributed by atoms with Crippen molar-refractivity contribution >= 4 is 0 Å². The van der Waals surface area contributed by atoms with Crippen molar-refractivity contribution < 1.29 is 9.84 Å². The van der Waals surface area contributed by atoms with Crippen LogP contribution in [0.3, 0.4) is 0 Å². The molecule has 0 atom stereocenters. The fourth-order valence-electron chi connectivity index (χ4n) is 3.42. The highest BCUT2D eigenvalue weighted by Gasteiger charge is 2.22. The van der Waals surface area contributed by atoms with Gasteiger partial charge in [-0.3, -0.25) is 4.90 Å².